The fourth-order valence-electron chi connectivity index (χ4n) is 5.20. The van der Waals surface area contributed by atoms with Gasteiger partial charge in [-0.15, -0.1) is 0 Å². The lowest BCUT2D eigenvalue weighted by atomic mass is 9.89. The molecule has 42 heavy (non-hydrogen) atoms. The van der Waals surface area contributed by atoms with Crippen molar-refractivity contribution in [2.24, 2.45) is 0 Å². The summed E-state index contributed by atoms with van der Waals surface area (Å²) in [6.45, 7) is 1.68. The van der Waals surface area contributed by atoms with Gasteiger partial charge < -0.3 is 10.6 Å². The molecule has 0 saturated heterocycles. The van der Waals surface area contributed by atoms with Gasteiger partial charge in [0.05, 0.1) is 29.5 Å². The van der Waals surface area contributed by atoms with Gasteiger partial charge in [-0.05, 0) is 73.4 Å². The number of hydrogen-bond acceptors (Lipinski definition) is 4. The van der Waals surface area contributed by atoms with Crippen LogP contribution in [-0.4, -0.2) is 21.6 Å². The highest BCUT2D eigenvalue weighted by Gasteiger charge is 2.36. The average molecular weight is 599 g/mol. The van der Waals surface area contributed by atoms with E-state index in [2.05, 4.69) is 15.7 Å². The Morgan fingerprint density at radius 1 is 1.10 bits per heavy atom. The van der Waals surface area contributed by atoms with E-state index in [-0.39, 0.29) is 28.0 Å². The summed E-state index contributed by atoms with van der Waals surface area (Å²) < 4.78 is 70.5. The number of amides is 1. The molecule has 0 radical (unpaired) electrons. The van der Waals surface area contributed by atoms with Crippen LogP contribution in [0.3, 0.4) is 0 Å². The smallest absolute Gasteiger partial charge is 0.364 e. The van der Waals surface area contributed by atoms with Crippen LogP contribution in [0, 0.1) is 18.6 Å². The van der Waals surface area contributed by atoms with Crippen molar-refractivity contribution in [3.63, 3.8) is 0 Å². The van der Waals surface area contributed by atoms with Gasteiger partial charge >= 0.3 is 6.18 Å². The third kappa shape index (κ3) is 4.95. The summed E-state index contributed by atoms with van der Waals surface area (Å²) in [7, 11) is 0. The highest BCUT2D eigenvalue weighted by molar-refractivity contribution is 6.31. The van der Waals surface area contributed by atoms with Gasteiger partial charge in [0.15, 0.2) is 5.94 Å². The first-order valence-corrected chi connectivity index (χ1v) is 13.2. The van der Waals surface area contributed by atoms with E-state index in [1.54, 1.807) is 19.2 Å². The van der Waals surface area contributed by atoms with Crippen LogP contribution in [0.4, 0.5) is 27.6 Å². The van der Waals surface area contributed by atoms with E-state index in [1.807, 2.05) is 16.8 Å². The molecule has 214 valence electrons. The summed E-state index contributed by atoms with van der Waals surface area (Å²) in [4.78, 5) is 25.5. The SMILES string of the molecule is Cc1c(-c2cnn(C3CC3)c2)cc2c(c1NC(=O)c1cc(F)cc(C(F)(F)F)c1)C(c1cc(F)ccc1Cl)NC2=C=O. The molecule has 1 saturated carbocycles. The number of carbonyl (C=O) groups excluding carboxylic acids is 2. The van der Waals surface area contributed by atoms with Crippen LogP contribution in [0.1, 0.15) is 63.1 Å². The Labute approximate surface area is 240 Å². The summed E-state index contributed by atoms with van der Waals surface area (Å²) in [6.07, 6.45) is 0.541. The van der Waals surface area contributed by atoms with Gasteiger partial charge in [0.1, 0.15) is 17.3 Å². The normalized spacial score (nSPS) is 16.2. The summed E-state index contributed by atoms with van der Waals surface area (Å²) in [5.41, 5.74) is 0.853. The van der Waals surface area contributed by atoms with Crippen molar-refractivity contribution in [2.45, 2.75) is 38.0 Å². The maximum Gasteiger partial charge on any atom is 0.416 e. The minimum Gasteiger partial charge on any atom is -0.364 e. The minimum atomic E-state index is -4.89. The lowest BCUT2D eigenvalue weighted by molar-refractivity contribution is -0.137. The highest BCUT2D eigenvalue weighted by Crippen LogP contribution is 2.47. The fourth-order valence-corrected chi connectivity index (χ4v) is 5.43. The number of aromatic nitrogens is 2. The molecule has 1 atom stereocenters. The number of alkyl halides is 3. The molecule has 3 aromatic carbocycles. The van der Waals surface area contributed by atoms with Crippen LogP contribution in [0.15, 0.2) is 54.9 Å². The van der Waals surface area contributed by atoms with Gasteiger partial charge in [-0.25, -0.2) is 13.6 Å². The third-order valence-electron chi connectivity index (χ3n) is 7.40. The molecule has 1 aliphatic carbocycles. The number of nitrogens with one attached hydrogen (secondary N) is 2. The Bertz CT molecular complexity index is 1820. The van der Waals surface area contributed by atoms with E-state index in [9.17, 15) is 31.5 Å². The van der Waals surface area contributed by atoms with Gasteiger partial charge in [0.2, 0.25) is 0 Å². The van der Waals surface area contributed by atoms with Gasteiger partial charge in [0, 0.05) is 39.0 Å². The van der Waals surface area contributed by atoms with E-state index >= 15 is 0 Å². The monoisotopic (exact) mass is 598 g/mol. The van der Waals surface area contributed by atoms with Crippen molar-refractivity contribution in [3.05, 3.63) is 105 Å². The average Bonchev–Trinajstić information content (AvgIpc) is 3.56. The molecular formula is C30H20ClF5N4O2. The molecule has 1 amide bonds. The quantitative estimate of drug-likeness (QED) is 0.187. The first-order chi connectivity index (χ1) is 19.9. The van der Waals surface area contributed by atoms with E-state index < -0.39 is 40.9 Å². The number of benzene rings is 3. The largest absolute Gasteiger partial charge is 0.416 e. The van der Waals surface area contributed by atoms with Crippen LogP contribution in [-0.2, 0) is 11.0 Å². The molecule has 2 N–H and O–H groups in total. The predicted molar refractivity (Wildman–Crippen MR) is 146 cm³/mol. The number of fused-ring (bicyclic) bond motifs is 1. The van der Waals surface area contributed by atoms with Gasteiger partial charge in [-0.2, -0.15) is 18.3 Å². The highest BCUT2D eigenvalue weighted by atomic mass is 35.5. The number of rotatable bonds is 5. The van der Waals surface area contributed by atoms with Gasteiger partial charge in [0.25, 0.3) is 5.91 Å². The maximum atomic E-state index is 14.3. The van der Waals surface area contributed by atoms with Crippen molar-refractivity contribution in [2.75, 3.05) is 5.32 Å². The molecule has 0 bridgehead atoms. The molecular weight excluding hydrogens is 579 g/mol. The van der Waals surface area contributed by atoms with E-state index in [0.717, 1.165) is 18.9 Å². The molecule has 2 aliphatic rings. The molecule has 1 aromatic heterocycles. The molecule has 1 unspecified atom stereocenters. The zero-order valence-corrected chi connectivity index (χ0v) is 22.5. The predicted octanol–water partition coefficient (Wildman–Crippen LogP) is 7.26. The van der Waals surface area contributed by atoms with Crippen LogP contribution < -0.4 is 10.6 Å². The first-order valence-electron chi connectivity index (χ1n) is 12.8. The molecule has 6 nitrogen and oxygen atoms in total. The van der Waals surface area contributed by atoms with Crippen molar-refractivity contribution in [1.82, 2.24) is 15.1 Å². The third-order valence-corrected chi connectivity index (χ3v) is 7.75. The topological polar surface area (TPSA) is 76.0 Å². The molecule has 6 rings (SSSR count). The second kappa shape index (κ2) is 10.1. The summed E-state index contributed by atoms with van der Waals surface area (Å²) >= 11 is 6.41. The Morgan fingerprint density at radius 2 is 1.86 bits per heavy atom. The minimum absolute atomic E-state index is 0.00627. The second-order valence-corrected chi connectivity index (χ2v) is 10.6. The lowest BCUT2D eigenvalue weighted by Gasteiger charge is -2.21. The molecule has 0 spiro atoms. The number of nitrogens with zero attached hydrogens (tertiary/aromatic N) is 2. The van der Waals surface area contributed by atoms with Crippen molar-refractivity contribution in [1.29, 1.82) is 0 Å². The molecule has 2 heterocycles. The standard InChI is InChI=1S/C30H20ClF5N4O2/c1-14-21(16-11-37-40(12-16)20-3-4-20)10-23-25(13-41)38-28(22-9-18(32)2-5-24(22)31)26(23)27(14)39-29(42)15-6-17(30(34,35)36)8-19(33)7-15/h2,5-12,20,28,38H,3-4H2,1H3,(H,39,42). The molecule has 1 fully saturated rings. The number of anilines is 1. The van der Waals surface area contributed by atoms with Crippen LogP contribution in [0.25, 0.3) is 16.8 Å². The van der Waals surface area contributed by atoms with E-state index in [0.29, 0.717) is 46.0 Å². The Balaban J connectivity index is 1.54. The maximum absolute atomic E-state index is 14.3. The fraction of sp³-hybridized carbons (Fsp3) is 0.200. The van der Waals surface area contributed by atoms with Crippen LogP contribution >= 0.6 is 11.6 Å². The number of halogens is 6. The van der Waals surface area contributed by atoms with Crippen LogP contribution in [0.5, 0.6) is 0 Å². The zero-order valence-electron chi connectivity index (χ0n) is 21.7. The summed E-state index contributed by atoms with van der Waals surface area (Å²) in [5.74, 6) is -1.03. The van der Waals surface area contributed by atoms with Gasteiger partial charge in [-0.1, -0.05) is 11.6 Å². The van der Waals surface area contributed by atoms with Crippen molar-refractivity contribution >= 4 is 34.8 Å². The van der Waals surface area contributed by atoms with E-state index in [4.69, 9.17) is 11.6 Å². The van der Waals surface area contributed by atoms with Crippen LogP contribution in [0.2, 0.25) is 5.02 Å². The molecule has 12 heteroatoms. The second-order valence-electron chi connectivity index (χ2n) is 10.2. The summed E-state index contributed by atoms with van der Waals surface area (Å²) in [6, 6.07) is 6.26. The Hall–Kier alpha value is -4.47. The van der Waals surface area contributed by atoms with Crippen molar-refractivity contribution in [3.8, 4) is 11.1 Å². The zero-order chi connectivity index (χ0) is 29.9. The van der Waals surface area contributed by atoms with Crippen molar-refractivity contribution < 1.29 is 31.5 Å². The van der Waals surface area contributed by atoms with E-state index in [1.165, 1.54) is 12.1 Å². The summed E-state index contributed by atoms with van der Waals surface area (Å²) in [5, 5.41) is 10.2. The Kier molecular flexibility index (Phi) is 6.67. The number of hydrogen-bond donors (Lipinski definition) is 2. The van der Waals surface area contributed by atoms with Gasteiger partial charge in [-0.3, -0.25) is 9.48 Å². The first kappa shape index (κ1) is 27.7. The lowest BCUT2D eigenvalue weighted by Crippen LogP contribution is -2.19. The number of carbonyl (C=O) groups is 1. The Morgan fingerprint density at radius 3 is 2.55 bits per heavy atom. The molecule has 1 aliphatic heterocycles. The molecule has 4 aromatic rings.